The summed E-state index contributed by atoms with van der Waals surface area (Å²) in [7, 11) is -4.00. The maximum Gasteiger partial charge on any atom is 0.244 e. The summed E-state index contributed by atoms with van der Waals surface area (Å²) in [5, 5.41) is 3.70. The lowest BCUT2D eigenvalue weighted by Gasteiger charge is -2.33. The van der Waals surface area contributed by atoms with Gasteiger partial charge in [-0.3, -0.25) is 13.9 Å². The van der Waals surface area contributed by atoms with Crippen molar-refractivity contribution in [3.05, 3.63) is 61.0 Å². The van der Waals surface area contributed by atoms with Gasteiger partial charge in [-0.1, -0.05) is 77.9 Å². The van der Waals surface area contributed by atoms with E-state index in [9.17, 15) is 18.0 Å². The monoisotopic (exact) mass is 629 g/mol. The topological polar surface area (TPSA) is 86.8 Å². The van der Waals surface area contributed by atoms with E-state index < -0.39 is 28.5 Å². The first kappa shape index (κ1) is 31.8. The van der Waals surface area contributed by atoms with Gasteiger partial charge < -0.3 is 10.2 Å². The van der Waals surface area contributed by atoms with Gasteiger partial charge in [0.15, 0.2) is 0 Å². The Kier molecular flexibility index (Phi) is 11.7. The number of nitrogens with one attached hydrogen (secondary N) is 1. The molecule has 0 saturated heterocycles. The summed E-state index contributed by atoms with van der Waals surface area (Å²) in [4.78, 5) is 28.2. The van der Waals surface area contributed by atoms with Gasteiger partial charge in [0.25, 0.3) is 0 Å². The van der Waals surface area contributed by atoms with Crippen LogP contribution in [0.25, 0.3) is 0 Å². The molecule has 0 bridgehead atoms. The predicted molar refractivity (Wildman–Crippen MR) is 153 cm³/mol. The Morgan fingerprint density at radius 2 is 1.49 bits per heavy atom. The molecule has 2 rings (SSSR count). The molecule has 0 fully saturated rings. The highest BCUT2D eigenvalue weighted by molar-refractivity contribution is 7.92. The van der Waals surface area contributed by atoms with Crippen LogP contribution in [0.5, 0.6) is 0 Å². The third kappa shape index (κ3) is 8.53. The summed E-state index contributed by atoms with van der Waals surface area (Å²) < 4.78 is 26.3. The minimum absolute atomic E-state index is 0.00906. The van der Waals surface area contributed by atoms with Gasteiger partial charge in [-0.2, -0.15) is 0 Å². The van der Waals surface area contributed by atoms with Crippen LogP contribution >= 0.6 is 58.0 Å². The second-order valence-electron chi connectivity index (χ2n) is 8.50. The molecular weight excluding hydrogens is 604 g/mol. The van der Waals surface area contributed by atoms with Crippen LogP contribution in [0, 0.1) is 0 Å². The lowest BCUT2D eigenvalue weighted by atomic mass is 10.1. The fourth-order valence-electron chi connectivity index (χ4n) is 3.49. The number of carbonyl (C=O) groups is 2. The summed E-state index contributed by atoms with van der Waals surface area (Å²) in [6.07, 6.45) is 1.91. The van der Waals surface area contributed by atoms with E-state index in [4.69, 9.17) is 58.0 Å². The lowest BCUT2D eigenvalue weighted by molar-refractivity contribution is -0.140. The van der Waals surface area contributed by atoms with Gasteiger partial charge in [0, 0.05) is 12.6 Å². The highest BCUT2D eigenvalue weighted by Crippen LogP contribution is 2.35. The van der Waals surface area contributed by atoms with Gasteiger partial charge >= 0.3 is 0 Å². The number of sulfonamides is 1. The average molecular weight is 632 g/mol. The van der Waals surface area contributed by atoms with E-state index in [0.717, 1.165) is 10.6 Å². The van der Waals surface area contributed by atoms with Crippen LogP contribution in [0.15, 0.2) is 30.3 Å². The maximum absolute atomic E-state index is 13.7. The quantitative estimate of drug-likeness (QED) is 0.289. The molecule has 0 heterocycles. The molecule has 2 atom stereocenters. The molecule has 204 valence electrons. The third-order valence-electron chi connectivity index (χ3n) is 5.66. The van der Waals surface area contributed by atoms with Crippen molar-refractivity contribution in [2.45, 2.75) is 52.2 Å². The SMILES string of the molecule is CC[C@H](C(=O)N[C@@H](C)CC)N(Cc1ccc(Cl)c(Cl)c1)C(=O)CN(c1cc(Cl)c(Cl)cc1Cl)S(C)(=O)=O. The van der Waals surface area contributed by atoms with Crippen LogP contribution in [0.2, 0.25) is 25.1 Å². The van der Waals surface area contributed by atoms with E-state index in [1.54, 1.807) is 25.1 Å². The number of halogens is 5. The molecule has 13 heteroatoms. The number of anilines is 1. The predicted octanol–water partition coefficient (Wildman–Crippen LogP) is 6.44. The molecule has 0 radical (unpaired) electrons. The molecule has 2 amide bonds. The first-order valence-corrected chi connectivity index (χ1v) is 15.1. The molecule has 1 N–H and O–H groups in total. The smallest absolute Gasteiger partial charge is 0.244 e. The third-order valence-corrected chi connectivity index (χ3v) is 8.55. The first-order chi connectivity index (χ1) is 17.2. The number of amides is 2. The Labute approximate surface area is 243 Å². The van der Waals surface area contributed by atoms with Gasteiger partial charge in [-0.15, -0.1) is 0 Å². The molecule has 0 aliphatic rings. The molecule has 0 spiro atoms. The van der Waals surface area contributed by atoms with Gasteiger partial charge in [0.2, 0.25) is 21.8 Å². The van der Waals surface area contributed by atoms with Gasteiger partial charge in [0.05, 0.1) is 37.1 Å². The zero-order valence-electron chi connectivity index (χ0n) is 20.7. The van der Waals surface area contributed by atoms with Crippen molar-refractivity contribution in [1.82, 2.24) is 10.2 Å². The number of hydrogen-bond donors (Lipinski definition) is 1. The number of nitrogens with zero attached hydrogens (tertiary/aromatic N) is 2. The van der Waals surface area contributed by atoms with Crippen LogP contribution in [-0.2, 0) is 26.2 Å². The Balaban J connectivity index is 2.53. The van der Waals surface area contributed by atoms with E-state index in [2.05, 4.69) is 5.32 Å². The molecule has 2 aromatic carbocycles. The summed E-state index contributed by atoms with van der Waals surface area (Å²) in [6.45, 7) is 4.89. The molecule has 37 heavy (non-hydrogen) atoms. The summed E-state index contributed by atoms with van der Waals surface area (Å²) in [5.41, 5.74) is 0.592. The highest BCUT2D eigenvalue weighted by Gasteiger charge is 2.33. The van der Waals surface area contributed by atoms with Gasteiger partial charge in [0.1, 0.15) is 12.6 Å². The van der Waals surface area contributed by atoms with Crippen molar-refractivity contribution in [3.8, 4) is 0 Å². The zero-order chi connectivity index (χ0) is 28.1. The van der Waals surface area contributed by atoms with Crippen molar-refractivity contribution in [3.63, 3.8) is 0 Å². The second kappa shape index (κ2) is 13.6. The fourth-order valence-corrected chi connectivity index (χ4v) is 5.36. The van der Waals surface area contributed by atoms with Crippen molar-refractivity contribution in [2.75, 3.05) is 17.1 Å². The summed E-state index contributed by atoms with van der Waals surface area (Å²) >= 11 is 30.6. The van der Waals surface area contributed by atoms with Crippen molar-refractivity contribution >= 4 is 85.5 Å². The Hall–Kier alpha value is -1.42. The Bertz CT molecular complexity index is 1260. The molecule has 0 saturated carbocycles. The fraction of sp³-hybridized carbons (Fsp3) is 0.417. The molecule has 0 unspecified atom stereocenters. The summed E-state index contributed by atoms with van der Waals surface area (Å²) in [5.74, 6) is -0.992. The molecular formula is C24H28Cl5N3O4S. The maximum atomic E-state index is 13.7. The number of carbonyl (C=O) groups excluding carboxylic acids is 2. The van der Waals surface area contributed by atoms with Crippen LogP contribution in [0.3, 0.4) is 0 Å². The van der Waals surface area contributed by atoms with Crippen molar-refractivity contribution in [2.24, 2.45) is 0 Å². The standard InChI is InChI=1S/C24H28Cl5N3O4S/c1-5-14(3)30-24(34)21(6-2)31(12-15-7-8-16(25)17(26)9-15)23(33)13-32(37(4,35)36)22-11-19(28)18(27)10-20(22)29/h7-11,14,21H,5-6,12-13H2,1-4H3,(H,30,34)/t14-,21+/m0/s1. The van der Waals surface area contributed by atoms with Gasteiger partial charge in [-0.25, -0.2) is 8.42 Å². The highest BCUT2D eigenvalue weighted by atomic mass is 35.5. The second-order valence-corrected chi connectivity index (χ2v) is 12.4. The largest absolute Gasteiger partial charge is 0.352 e. The average Bonchev–Trinajstić information content (AvgIpc) is 2.81. The van der Waals surface area contributed by atoms with Crippen LogP contribution in [0.4, 0.5) is 5.69 Å². The summed E-state index contributed by atoms with van der Waals surface area (Å²) in [6, 6.07) is 6.42. The molecule has 0 aliphatic carbocycles. The minimum atomic E-state index is -4.00. The van der Waals surface area contributed by atoms with Crippen LogP contribution in [-0.4, -0.2) is 50.0 Å². The van der Waals surface area contributed by atoms with Crippen molar-refractivity contribution in [1.29, 1.82) is 0 Å². The number of hydrogen-bond acceptors (Lipinski definition) is 4. The van der Waals surface area contributed by atoms with Gasteiger partial charge in [-0.05, 0) is 49.6 Å². The van der Waals surface area contributed by atoms with E-state index in [1.165, 1.54) is 17.0 Å². The van der Waals surface area contributed by atoms with Crippen LogP contribution < -0.4 is 9.62 Å². The normalized spacial score (nSPS) is 13.1. The first-order valence-electron chi connectivity index (χ1n) is 11.4. The van der Waals surface area contributed by atoms with E-state index >= 15 is 0 Å². The molecule has 0 aromatic heterocycles. The zero-order valence-corrected chi connectivity index (χ0v) is 25.3. The van der Waals surface area contributed by atoms with E-state index in [1.807, 2.05) is 13.8 Å². The van der Waals surface area contributed by atoms with E-state index in [-0.39, 0.29) is 50.7 Å². The molecule has 2 aromatic rings. The number of rotatable bonds is 11. The number of benzene rings is 2. The Morgan fingerprint density at radius 1 is 0.892 bits per heavy atom. The molecule has 0 aliphatic heterocycles. The Morgan fingerprint density at radius 3 is 2.03 bits per heavy atom. The molecule has 7 nitrogen and oxygen atoms in total. The minimum Gasteiger partial charge on any atom is -0.352 e. The van der Waals surface area contributed by atoms with Crippen LogP contribution in [0.1, 0.15) is 39.2 Å². The van der Waals surface area contributed by atoms with Crippen molar-refractivity contribution < 1.29 is 18.0 Å². The van der Waals surface area contributed by atoms with E-state index in [0.29, 0.717) is 17.0 Å². The lowest BCUT2D eigenvalue weighted by Crippen LogP contribution is -2.53.